The van der Waals surface area contributed by atoms with Gasteiger partial charge >= 0.3 is 0 Å². The monoisotopic (exact) mass is 407 g/mol. The van der Waals surface area contributed by atoms with Crippen LogP contribution in [0.1, 0.15) is 34.6 Å². The standard InChI is InChI=1S/C23H25N3O2S/c1-17-14-22(25-26(17)20-8-3-2-4-9-20)23(27)24-19-7-5-6-18(15-19)16-29-21-10-12-28-13-11-21/h2-9,14-15,21H,10-13,16H2,1H3,(H,24,27). The number of amides is 1. The Kier molecular flexibility index (Phi) is 6.32. The van der Waals surface area contributed by atoms with Gasteiger partial charge < -0.3 is 10.1 Å². The topological polar surface area (TPSA) is 56.1 Å². The Morgan fingerprint density at radius 2 is 1.93 bits per heavy atom. The maximum atomic E-state index is 12.7. The van der Waals surface area contributed by atoms with E-state index in [2.05, 4.69) is 16.5 Å². The number of para-hydroxylation sites is 1. The second-order valence-electron chi connectivity index (χ2n) is 7.20. The SMILES string of the molecule is Cc1cc(C(=O)Nc2cccc(CSC3CCOCC3)c2)nn1-c1ccccc1. The second-order valence-corrected chi connectivity index (χ2v) is 8.48. The molecule has 150 valence electrons. The molecule has 1 fully saturated rings. The second kappa shape index (κ2) is 9.29. The van der Waals surface area contributed by atoms with E-state index in [0.717, 1.165) is 48.9 Å². The molecule has 29 heavy (non-hydrogen) atoms. The van der Waals surface area contributed by atoms with Crippen LogP contribution in [0.15, 0.2) is 60.7 Å². The van der Waals surface area contributed by atoms with Gasteiger partial charge in [-0.15, -0.1) is 0 Å². The Morgan fingerprint density at radius 3 is 2.72 bits per heavy atom. The van der Waals surface area contributed by atoms with E-state index in [1.165, 1.54) is 5.56 Å². The van der Waals surface area contributed by atoms with Crippen LogP contribution < -0.4 is 5.32 Å². The predicted molar refractivity (Wildman–Crippen MR) is 118 cm³/mol. The van der Waals surface area contributed by atoms with Crippen molar-refractivity contribution < 1.29 is 9.53 Å². The van der Waals surface area contributed by atoms with Crippen molar-refractivity contribution in [2.45, 2.75) is 30.8 Å². The molecule has 6 heteroatoms. The molecule has 0 saturated carbocycles. The van der Waals surface area contributed by atoms with Gasteiger partial charge in [0.1, 0.15) is 0 Å². The number of benzene rings is 2. The zero-order valence-corrected chi connectivity index (χ0v) is 17.3. The number of hydrogen-bond acceptors (Lipinski definition) is 4. The molecule has 2 aromatic carbocycles. The molecule has 1 aromatic heterocycles. The number of thioether (sulfide) groups is 1. The Labute approximate surface area is 175 Å². The molecule has 1 amide bonds. The van der Waals surface area contributed by atoms with Crippen LogP contribution in [-0.2, 0) is 10.5 Å². The molecule has 1 aliphatic rings. The van der Waals surface area contributed by atoms with Gasteiger partial charge in [0.2, 0.25) is 0 Å². The van der Waals surface area contributed by atoms with Gasteiger partial charge in [-0.25, -0.2) is 4.68 Å². The summed E-state index contributed by atoms with van der Waals surface area (Å²) < 4.78 is 7.21. The first-order valence-electron chi connectivity index (χ1n) is 9.91. The lowest BCUT2D eigenvalue weighted by atomic mass is 10.2. The zero-order chi connectivity index (χ0) is 20.1. The van der Waals surface area contributed by atoms with Gasteiger partial charge in [0.25, 0.3) is 5.91 Å². The van der Waals surface area contributed by atoms with E-state index < -0.39 is 0 Å². The van der Waals surface area contributed by atoms with Crippen LogP contribution in [0.5, 0.6) is 0 Å². The van der Waals surface area contributed by atoms with Gasteiger partial charge in [-0.3, -0.25) is 4.79 Å². The van der Waals surface area contributed by atoms with Crippen molar-refractivity contribution in [2.75, 3.05) is 18.5 Å². The zero-order valence-electron chi connectivity index (χ0n) is 16.5. The van der Waals surface area contributed by atoms with Gasteiger partial charge in [-0.05, 0) is 55.7 Å². The lowest BCUT2D eigenvalue weighted by Crippen LogP contribution is -2.17. The number of ether oxygens (including phenoxy) is 1. The average Bonchev–Trinajstić information content (AvgIpc) is 3.16. The van der Waals surface area contributed by atoms with E-state index in [0.29, 0.717) is 10.9 Å². The first-order chi connectivity index (χ1) is 14.2. The van der Waals surface area contributed by atoms with Crippen molar-refractivity contribution in [3.8, 4) is 5.69 Å². The van der Waals surface area contributed by atoms with E-state index in [4.69, 9.17) is 4.74 Å². The number of rotatable bonds is 6. The molecular formula is C23H25N3O2S. The minimum atomic E-state index is -0.197. The van der Waals surface area contributed by atoms with E-state index in [9.17, 15) is 4.79 Å². The molecule has 0 atom stereocenters. The highest BCUT2D eigenvalue weighted by Gasteiger charge is 2.15. The summed E-state index contributed by atoms with van der Waals surface area (Å²) in [6, 6.07) is 19.7. The number of carbonyl (C=O) groups excluding carboxylic acids is 1. The number of nitrogens with zero attached hydrogens (tertiary/aromatic N) is 2. The van der Waals surface area contributed by atoms with Crippen molar-refractivity contribution >= 4 is 23.4 Å². The van der Waals surface area contributed by atoms with Crippen molar-refractivity contribution in [2.24, 2.45) is 0 Å². The van der Waals surface area contributed by atoms with Crippen LogP contribution in [0.2, 0.25) is 0 Å². The van der Waals surface area contributed by atoms with Crippen LogP contribution in [-0.4, -0.2) is 34.2 Å². The highest BCUT2D eigenvalue weighted by Crippen LogP contribution is 2.26. The summed E-state index contributed by atoms with van der Waals surface area (Å²) >= 11 is 1.97. The molecule has 0 unspecified atom stereocenters. The molecule has 2 heterocycles. The van der Waals surface area contributed by atoms with E-state index >= 15 is 0 Å². The minimum absolute atomic E-state index is 0.197. The smallest absolute Gasteiger partial charge is 0.276 e. The highest BCUT2D eigenvalue weighted by molar-refractivity contribution is 7.99. The molecule has 1 aliphatic heterocycles. The lowest BCUT2D eigenvalue weighted by molar-refractivity contribution is 0.0999. The highest BCUT2D eigenvalue weighted by atomic mass is 32.2. The number of carbonyl (C=O) groups is 1. The summed E-state index contributed by atoms with van der Waals surface area (Å²) in [6.45, 7) is 3.68. The minimum Gasteiger partial charge on any atom is -0.381 e. The Bertz CT molecular complexity index is 965. The largest absolute Gasteiger partial charge is 0.381 e. The van der Waals surface area contributed by atoms with Crippen LogP contribution >= 0.6 is 11.8 Å². The fourth-order valence-corrected chi connectivity index (χ4v) is 4.54. The molecule has 5 nitrogen and oxygen atoms in total. The maximum absolute atomic E-state index is 12.7. The predicted octanol–water partition coefficient (Wildman–Crippen LogP) is 4.85. The molecule has 3 aromatic rings. The van der Waals surface area contributed by atoms with Gasteiger partial charge in [0.15, 0.2) is 5.69 Å². The van der Waals surface area contributed by atoms with Crippen LogP contribution in [0.25, 0.3) is 5.69 Å². The third-order valence-electron chi connectivity index (χ3n) is 4.96. The normalized spacial score (nSPS) is 14.7. The third-order valence-corrected chi connectivity index (χ3v) is 6.40. The van der Waals surface area contributed by atoms with Gasteiger partial charge in [0, 0.05) is 35.6 Å². The fourth-order valence-electron chi connectivity index (χ4n) is 3.41. The van der Waals surface area contributed by atoms with Crippen LogP contribution in [0.3, 0.4) is 0 Å². The Hall–Kier alpha value is -2.57. The number of aromatic nitrogens is 2. The molecule has 0 aliphatic carbocycles. The summed E-state index contributed by atoms with van der Waals surface area (Å²) in [7, 11) is 0. The van der Waals surface area contributed by atoms with E-state index in [1.807, 2.05) is 73.3 Å². The molecule has 0 bridgehead atoms. The molecule has 1 N–H and O–H groups in total. The van der Waals surface area contributed by atoms with Crippen molar-refractivity contribution in [1.29, 1.82) is 0 Å². The van der Waals surface area contributed by atoms with E-state index in [-0.39, 0.29) is 5.91 Å². The molecule has 0 radical (unpaired) electrons. The quantitative estimate of drug-likeness (QED) is 0.635. The summed E-state index contributed by atoms with van der Waals surface area (Å²) in [4.78, 5) is 12.7. The number of aryl methyl sites for hydroxylation is 1. The number of anilines is 1. The first kappa shape index (κ1) is 19.7. The summed E-state index contributed by atoms with van der Waals surface area (Å²) in [5.74, 6) is 0.743. The molecule has 4 rings (SSSR count). The van der Waals surface area contributed by atoms with Gasteiger partial charge in [-0.2, -0.15) is 16.9 Å². The van der Waals surface area contributed by atoms with Gasteiger partial charge in [0.05, 0.1) is 5.69 Å². The summed E-state index contributed by atoms with van der Waals surface area (Å²) in [5, 5.41) is 8.13. The van der Waals surface area contributed by atoms with Gasteiger partial charge in [-0.1, -0.05) is 30.3 Å². The first-order valence-corrected chi connectivity index (χ1v) is 11.0. The lowest BCUT2D eigenvalue weighted by Gasteiger charge is -2.21. The molecule has 1 saturated heterocycles. The maximum Gasteiger partial charge on any atom is 0.276 e. The van der Waals surface area contributed by atoms with E-state index in [1.54, 1.807) is 4.68 Å². The fraction of sp³-hybridized carbons (Fsp3) is 0.304. The van der Waals surface area contributed by atoms with Crippen molar-refractivity contribution in [3.63, 3.8) is 0 Å². The Morgan fingerprint density at radius 1 is 1.14 bits per heavy atom. The van der Waals surface area contributed by atoms with Crippen LogP contribution in [0.4, 0.5) is 5.69 Å². The summed E-state index contributed by atoms with van der Waals surface area (Å²) in [6.07, 6.45) is 2.23. The third kappa shape index (κ3) is 5.08. The number of nitrogens with one attached hydrogen (secondary N) is 1. The molecule has 0 spiro atoms. The van der Waals surface area contributed by atoms with Crippen molar-refractivity contribution in [1.82, 2.24) is 9.78 Å². The summed E-state index contributed by atoms with van der Waals surface area (Å²) in [5.41, 5.74) is 4.28. The Balaban J connectivity index is 1.41. The average molecular weight is 408 g/mol. The molecular weight excluding hydrogens is 382 g/mol. The van der Waals surface area contributed by atoms with Crippen LogP contribution in [0, 0.1) is 6.92 Å². The number of hydrogen-bond donors (Lipinski definition) is 1. The van der Waals surface area contributed by atoms with Crippen molar-refractivity contribution in [3.05, 3.63) is 77.6 Å².